The highest BCUT2D eigenvalue weighted by Gasteiger charge is 2.37. The third-order valence-corrected chi connectivity index (χ3v) is 5.04. The molecule has 0 saturated carbocycles. The minimum atomic E-state index is -1.15. The molecule has 2 aromatic rings. The summed E-state index contributed by atoms with van der Waals surface area (Å²) in [5.74, 6) is -2.24. The van der Waals surface area contributed by atoms with E-state index in [1.165, 1.54) is 6.08 Å². The lowest BCUT2D eigenvalue weighted by Gasteiger charge is -2.27. The van der Waals surface area contributed by atoms with Crippen LogP contribution in [0.2, 0.25) is 0 Å². The van der Waals surface area contributed by atoms with Crippen molar-refractivity contribution in [1.29, 1.82) is 0 Å². The summed E-state index contributed by atoms with van der Waals surface area (Å²) in [4.78, 5) is 50.4. The van der Waals surface area contributed by atoms with Crippen LogP contribution in [0.5, 0.6) is 11.5 Å². The first-order chi connectivity index (χ1) is 16.6. The highest BCUT2D eigenvalue weighted by atomic mass is 16.5. The Labute approximate surface area is 202 Å². The summed E-state index contributed by atoms with van der Waals surface area (Å²) in [6, 6.07) is 7.62. The molecule has 0 aliphatic carbocycles. The van der Waals surface area contributed by atoms with E-state index in [9.17, 15) is 19.2 Å². The molecule has 9 heteroatoms. The number of allylic oxidation sites excluding steroid dienone is 1. The quantitative estimate of drug-likeness (QED) is 0.321. The van der Waals surface area contributed by atoms with E-state index in [0.29, 0.717) is 23.2 Å². The molecule has 1 heterocycles. The number of barbiturate groups is 1. The number of anilines is 1. The molecule has 1 aliphatic heterocycles. The van der Waals surface area contributed by atoms with Crippen molar-refractivity contribution < 1.29 is 33.8 Å². The topological polar surface area (TPSA) is 122 Å². The number of benzene rings is 2. The fourth-order valence-electron chi connectivity index (χ4n) is 3.77. The third-order valence-electron chi connectivity index (χ3n) is 5.04. The number of imide groups is 2. The number of aliphatic carboxylic acids is 1. The van der Waals surface area contributed by atoms with Gasteiger partial charge in [-0.2, -0.15) is 0 Å². The van der Waals surface area contributed by atoms with E-state index < -0.39 is 30.4 Å². The van der Waals surface area contributed by atoms with Crippen molar-refractivity contribution >= 4 is 35.6 Å². The summed E-state index contributed by atoms with van der Waals surface area (Å²) in [6.45, 7) is 8.85. The van der Waals surface area contributed by atoms with Gasteiger partial charge in [-0.3, -0.25) is 14.9 Å². The molecule has 1 fully saturated rings. The molecule has 0 radical (unpaired) electrons. The van der Waals surface area contributed by atoms with Crippen LogP contribution >= 0.6 is 0 Å². The lowest BCUT2D eigenvalue weighted by atomic mass is 10.0. The summed E-state index contributed by atoms with van der Waals surface area (Å²) in [7, 11) is 0. The van der Waals surface area contributed by atoms with Gasteiger partial charge in [-0.1, -0.05) is 12.1 Å². The summed E-state index contributed by atoms with van der Waals surface area (Å²) in [5.41, 5.74) is 2.81. The maximum atomic E-state index is 13.3. The lowest BCUT2D eigenvalue weighted by Crippen LogP contribution is -2.54. The number of hydrogen-bond donors (Lipinski definition) is 2. The third kappa shape index (κ3) is 5.75. The van der Waals surface area contributed by atoms with E-state index in [2.05, 4.69) is 11.9 Å². The number of urea groups is 1. The zero-order valence-electron chi connectivity index (χ0n) is 19.7. The van der Waals surface area contributed by atoms with Crippen LogP contribution in [0.3, 0.4) is 0 Å². The second kappa shape index (κ2) is 10.7. The van der Waals surface area contributed by atoms with E-state index >= 15 is 0 Å². The molecule has 1 saturated heterocycles. The van der Waals surface area contributed by atoms with Crippen LogP contribution in [0.15, 0.2) is 48.6 Å². The van der Waals surface area contributed by atoms with E-state index in [4.69, 9.17) is 14.6 Å². The van der Waals surface area contributed by atoms with Crippen molar-refractivity contribution in [3.8, 4) is 11.5 Å². The molecule has 182 valence electrons. The van der Waals surface area contributed by atoms with Crippen LogP contribution in [0.4, 0.5) is 10.5 Å². The van der Waals surface area contributed by atoms with Gasteiger partial charge in [0.25, 0.3) is 11.8 Å². The smallest absolute Gasteiger partial charge is 0.341 e. The Morgan fingerprint density at radius 2 is 1.77 bits per heavy atom. The van der Waals surface area contributed by atoms with E-state index in [-0.39, 0.29) is 23.7 Å². The Bertz CT molecular complexity index is 1230. The van der Waals surface area contributed by atoms with Gasteiger partial charge in [0.15, 0.2) is 18.1 Å². The number of hydrogen-bond acceptors (Lipinski definition) is 6. The Morgan fingerprint density at radius 1 is 1.09 bits per heavy atom. The summed E-state index contributed by atoms with van der Waals surface area (Å²) >= 11 is 0. The Hall–Kier alpha value is -4.40. The Kier molecular flexibility index (Phi) is 7.70. The van der Waals surface area contributed by atoms with Crippen LogP contribution < -0.4 is 19.7 Å². The van der Waals surface area contributed by atoms with Crippen molar-refractivity contribution in [2.24, 2.45) is 0 Å². The first-order valence-corrected chi connectivity index (χ1v) is 10.9. The van der Waals surface area contributed by atoms with Crippen LogP contribution in [0.1, 0.15) is 29.2 Å². The molecule has 2 N–H and O–H groups in total. The van der Waals surface area contributed by atoms with Gasteiger partial charge in [-0.25, -0.2) is 14.5 Å². The van der Waals surface area contributed by atoms with E-state index in [0.717, 1.165) is 16.0 Å². The molecule has 0 unspecified atom stereocenters. The number of carboxylic acids is 1. The van der Waals surface area contributed by atoms with Crippen LogP contribution in [-0.2, 0) is 20.8 Å². The minimum absolute atomic E-state index is 0.239. The van der Waals surface area contributed by atoms with Gasteiger partial charge in [0.05, 0.1) is 12.3 Å². The number of nitrogens with zero attached hydrogens (tertiary/aromatic N) is 1. The standard InChI is InChI=1S/C26H26N2O7/c1-5-7-18-11-17(13-21(34-6-2)23(18)35-14-22(29)30)12-20-24(31)27-26(33)28(25(20)32)19-9-15(3)8-16(4)10-19/h5,8-13H,1,6-7,14H2,2-4H3,(H,29,30)(H,27,31,33). The molecule has 2 aromatic carbocycles. The zero-order valence-corrected chi connectivity index (χ0v) is 19.7. The second-order valence-electron chi connectivity index (χ2n) is 7.92. The fourth-order valence-corrected chi connectivity index (χ4v) is 3.77. The van der Waals surface area contributed by atoms with Gasteiger partial charge >= 0.3 is 12.0 Å². The van der Waals surface area contributed by atoms with Gasteiger partial charge in [0, 0.05) is 5.56 Å². The molecule has 0 bridgehead atoms. The van der Waals surface area contributed by atoms with Crippen molar-refractivity contribution in [3.63, 3.8) is 0 Å². The fraction of sp³-hybridized carbons (Fsp3) is 0.231. The molecule has 0 aromatic heterocycles. The maximum Gasteiger partial charge on any atom is 0.341 e. The first-order valence-electron chi connectivity index (χ1n) is 10.9. The number of carboxylic acid groups (broad SMARTS) is 1. The normalized spacial score (nSPS) is 14.7. The molecule has 4 amide bonds. The maximum absolute atomic E-state index is 13.3. The number of carbonyl (C=O) groups excluding carboxylic acids is 3. The van der Waals surface area contributed by atoms with Crippen LogP contribution in [0.25, 0.3) is 6.08 Å². The highest BCUT2D eigenvalue weighted by Crippen LogP contribution is 2.35. The molecule has 35 heavy (non-hydrogen) atoms. The summed E-state index contributed by atoms with van der Waals surface area (Å²) in [5, 5.41) is 11.2. The van der Waals surface area contributed by atoms with Crippen LogP contribution in [-0.4, -0.2) is 42.1 Å². The van der Waals surface area contributed by atoms with Crippen molar-refractivity contribution in [3.05, 3.63) is 70.8 Å². The predicted octanol–water partition coefficient (Wildman–Crippen LogP) is 3.56. The molecular formula is C26H26N2O7. The van der Waals surface area contributed by atoms with E-state index in [1.54, 1.807) is 37.3 Å². The molecular weight excluding hydrogens is 452 g/mol. The largest absolute Gasteiger partial charge is 0.490 e. The number of nitrogens with one attached hydrogen (secondary N) is 1. The average Bonchev–Trinajstić information content (AvgIpc) is 2.75. The molecule has 0 spiro atoms. The van der Waals surface area contributed by atoms with Crippen molar-refractivity contribution in [2.45, 2.75) is 27.2 Å². The average molecular weight is 479 g/mol. The Morgan fingerprint density at radius 3 is 2.37 bits per heavy atom. The van der Waals surface area contributed by atoms with Gasteiger partial charge < -0.3 is 14.6 Å². The highest BCUT2D eigenvalue weighted by molar-refractivity contribution is 6.39. The Balaban J connectivity index is 2.09. The number of carbonyl (C=O) groups is 4. The predicted molar refractivity (Wildman–Crippen MR) is 130 cm³/mol. The second-order valence-corrected chi connectivity index (χ2v) is 7.92. The molecule has 1 aliphatic rings. The van der Waals surface area contributed by atoms with E-state index in [1.807, 2.05) is 19.9 Å². The van der Waals surface area contributed by atoms with Gasteiger partial charge in [-0.15, -0.1) is 6.58 Å². The number of rotatable bonds is 9. The van der Waals surface area contributed by atoms with Gasteiger partial charge in [0.1, 0.15) is 5.57 Å². The van der Waals surface area contributed by atoms with Crippen molar-refractivity contribution in [2.75, 3.05) is 18.1 Å². The monoisotopic (exact) mass is 478 g/mol. The lowest BCUT2D eigenvalue weighted by molar-refractivity contribution is -0.139. The van der Waals surface area contributed by atoms with Crippen molar-refractivity contribution in [1.82, 2.24) is 5.32 Å². The minimum Gasteiger partial charge on any atom is -0.490 e. The number of aryl methyl sites for hydroxylation is 2. The van der Waals surface area contributed by atoms with Gasteiger partial charge in [0.2, 0.25) is 0 Å². The summed E-state index contributed by atoms with van der Waals surface area (Å²) < 4.78 is 11.1. The zero-order chi connectivity index (χ0) is 25.7. The van der Waals surface area contributed by atoms with Gasteiger partial charge in [-0.05, 0) is 74.2 Å². The number of ether oxygens (including phenoxy) is 2. The SMILES string of the molecule is C=CCc1cc(C=C2C(=O)NC(=O)N(c3cc(C)cc(C)c3)C2=O)cc(OCC)c1OCC(=O)O. The molecule has 9 nitrogen and oxygen atoms in total. The molecule has 3 rings (SSSR count). The van der Waals surface area contributed by atoms with Crippen LogP contribution in [0, 0.1) is 13.8 Å². The summed E-state index contributed by atoms with van der Waals surface area (Å²) in [6.07, 6.45) is 3.28. The molecule has 0 atom stereocenters. The first kappa shape index (κ1) is 25.2. The number of amides is 4.